The SMILES string of the molecule is Clc1ccccc1OCC1NCc2ccccc21. The summed E-state index contributed by atoms with van der Waals surface area (Å²) >= 11 is 6.06. The highest BCUT2D eigenvalue weighted by Crippen LogP contribution is 2.28. The van der Waals surface area contributed by atoms with Gasteiger partial charge in [0, 0.05) is 6.54 Å². The average Bonchev–Trinajstić information content (AvgIpc) is 2.81. The minimum atomic E-state index is 0.248. The van der Waals surface area contributed by atoms with Crippen molar-refractivity contribution in [2.75, 3.05) is 6.61 Å². The van der Waals surface area contributed by atoms with E-state index >= 15 is 0 Å². The van der Waals surface area contributed by atoms with Crippen molar-refractivity contribution in [3.05, 3.63) is 64.7 Å². The second-order valence-corrected chi connectivity index (χ2v) is 4.78. The largest absolute Gasteiger partial charge is 0.490 e. The molecule has 0 amide bonds. The maximum absolute atomic E-state index is 6.06. The van der Waals surface area contributed by atoms with Crippen molar-refractivity contribution < 1.29 is 4.74 Å². The van der Waals surface area contributed by atoms with Crippen molar-refractivity contribution in [3.8, 4) is 5.75 Å². The number of nitrogens with one attached hydrogen (secondary N) is 1. The molecular formula is C15H14ClNO. The summed E-state index contributed by atoms with van der Waals surface area (Å²) in [5, 5.41) is 4.10. The molecule has 2 nitrogen and oxygen atoms in total. The molecule has 1 aliphatic rings. The molecule has 0 bridgehead atoms. The summed E-state index contributed by atoms with van der Waals surface area (Å²) in [4.78, 5) is 0. The second kappa shape index (κ2) is 5.01. The van der Waals surface area contributed by atoms with E-state index in [1.54, 1.807) is 0 Å². The van der Waals surface area contributed by atoms with Gasteiger partial charge in [0.25, 0.3) is 0 Å². The molecule has 1 heterocycles. The first-order valence-corrected chi connectivity index (χ1v) is 6.41. The topological polar surface area (TPSA) is 21.3 Å². The van der Waals surface area contributed by atoms with Crippen LogP contribution in [0, 0.1) is 0 Å². The molecule has 3 heteroatoms. The van der Waals surface area contributed by atoms with Crippen molar-refractivity contribution in [1.82, 2.24) is 5.32 Å². The summed E-state index contributed by atoms with van der Waals surface area (Å²) in [6.45, 7) is 1.51. The zero-order valence-electron chi connectivity index (χ0n) is 9.90. The van der Waals surface area contributed by atoms with E-state index in [2.05, 4.69) is 29.6 Å². The van der Waals surface area contributed by atoms with E-state index in [0.717, 1.165) is 12.3 Å². The van der Waals surface area contributed by atoms with E-state index in [0.29, 0.717) is 11.6 Å². The van der Waals surface area contributed by atoms with Gasteiger partial charge in [-0.05, 0) is 23.3 Å². The predicted molar refractivity (Wildman–Crippen MR) is 73.0 cm³/mol. The molecule has 0 saturated carbocycles. The van der Waals surface area contributed by atoms with Crippen LogP contribution in [-0.2, 0) is 6.54 Å². The van der Waals surface area contributed by atoms with Gasteiger partial charge < -0.3 is 10.1 Å². The van der Waals surface area contributed by atoms with E-state index in [-0.39, 0.29) is 6.04 Å². The van der Waals surface area contributed by atoms with E-state index < -0.39 is 0 Å². The molecule has 0 radical (unpaired) electrons. The molecule has 2 aromatic carbocycles. The molecule has 0 saturated heterocycles. The Morgan fingerprint density at radius 3 is 2.78 bits per heavy atom. The molecule has 18 heavy (non-hydrogen) atoms. The third kappa shape index (κ3) is 2.22. The number of ether oxygens (including phenoxy) is 1. The number of hydrogen-bond acceptors (Lipinski definition) is 2. The van der Waals surface area contributed by atoms with E-state index in [1.165, 1.54) is 11.1 Å². The molecule has 1 unspecified atom stereocenters. The van der Waals surface area contributed by atoms with Crippen LogP contribution in [0.15, 0.2) is 48.5 Å². The minimum absolute atomic E-state index is 0.248. The zero-order chi connectivity index (χ0) is 12.4. The van der Waals surface area contributed by atoms with Crippen LogP contribution in [0.2, 0.25) is 5.02 Å². The summed E-state index contributed by atoms with van der Waals surface area (Å²) in [6, 6.07) is 16.2. The second-order valence-electron chi connectivity index (χ2n) is 4.37. The van der Waals surface area contributed by atoms with Crippen LogP contribution in [0.4, 0.5) is 0 Å². The molecule has 1 N–H and O–H groups in total. The Balaban J connectivity index is 1.71. The maximum Gasteiger partial charge on any atom is 0.137 e. The van der Waals surface area contributed by atoms with Gasteiger partial charge in [-0.2, -0.15) is 0 Å². The Morgan fingerprint density at radius 1 is 1.11 bits per heavy atom. The maximum atomic E-state index is 6.06. The van der Waals surface area contributed by atoms with Crippen molar-refractivity contribution in [3.63, 3.8) is 0 Å². The van der Waals surface area contributed by atoms with Gasteiger partial charge in [-0.3, -0.25) is 0 Å². The highest BCUT2D eigenvalue weighted by molar-refractivity contribution is 6.32. The van der Waals surface area contributed by atoms with Gasteiger partial charge >= 0.3 is 0 Å². The number of hydrogen-bond donors (Lipinski definition) is 1. The standard InChI is InChI=1S/C15H14ClNO/c16-13-7-3-4-8-15(13)18-10-14-12-6-2-1-5-11(12)9-17-14/h1-8,14,17H,9-10H2. The van der Waals surface area contributed by atoms with Gasteiger partial charge in [0.05, 0.1) is 11.1 Å². The lowest BCUT2D eigenvalue weighted by molar-refractivity contribution is 0.274. The lowest BCUT2D eigenvalue weighted by Crippen LogP contribution is -2.19. The summed E-state index contributed by atoms with van der Waals surface area (Å²) in [5.74, 6) is 0.741. The quantitative estimate of drug-likeness (QED) is 0.910. The van der Waals surface area contributed by atoms with Crippen LogP contribution in [0.3, 0.4) is 0 Å². The van der Waals surface area contributed by atoms with Crippen LogP contribution in [-0.4, -0.2) is 6.61 Å². The lowest BCUT2D eigenvalue weighted by Gasteiger charge is -2.14. The molecule has 0 fully saturated rings. The minimum Gasteiger partial charge on any atom is -0.490 e. The molecule has 1 aliphatic heterocycles. The van der Waals surface area contributed by atoms with Crippen molar-refractivity contribution in [2.45, 2.75) is 12.6 Å². The third-order valence-electron chi connectivity index (χ3n) is 3.21. The molecule has 0 aromatic heterocycles. The molecule has 92 valence electrons. The zero-order valence-corrected chi connectivity index (χ0v) is 10.7. The van der Waals surface area contributed by atoms with Crippen molar-refractivity contribution in [2.24, 2.45) is 0 Å². The van der Waals surface area contributed by atoms with Crippen molar-refractivity contribution in [1.29, 1.82) is 0 Å². The van der Waals surface area contributed by atoms with Crippen LogP contribution >= 0.6 is 11.6 Å². The Kier molecular flexibility index (Phi) is 3.22. The fraction of sp³-hybridized carbons (Fsp3) is 0.200. The molecule has 1 atom stereocenters. The first kappa shape index (κ1) is 11.6. The number of para-hydroxylation sites is 1. The molecule has 2 aromatic rings. The van der Waals surface area contributed by atoms with Crippen LogP contribution in [0.1, 0.15) is 17.2 Å². The number of halogens is 1. The predicted octanol–water partition coefficient (Wildman–Crippen LogP) is 3.56. The Hall–Kier alpha value is -1.51. The summed E-state index contributed by atoms with van der Waals surface area (Å²) in [7, 11) is 0. The monoisotopic (exact) mass is 259 g/mol. The summed E-state index contributed by atoms with van der Waals surface area (Å²) in [5.41, 5.74) is 2.68. The number of rotatable bonds is 3. The third-order valence-corrected chi connectivity index (χ3v) is 3.52. The van der Waals surface area contributed by atoms with Crippen molar-refractivity contribution >= 4 is 11.6 Å². The Morgan fingerprint density at radius 2 is 1.89 bits per heavy atom. The van der Waals surface area contributed by atoms with Gasteiger partial charge in [-0.1, -0.05) is 48.0 Å². The smallest absolute Gasteiger partial charge is 0.137 e. The van der Waals surface area contributed by atoms with Crippen LogP contribution in [0.25, 0.3) is 0 Å². The Labute approximate surface area is 112 Å². The molecular weight excluding hydrogens is 246 g/mol. The highest BCUT2D eigenvalue weighted by Gasteiger charge is 2.21. The first-order chi connectivity index (χ1) is 8.84. The Bertz CT molecular complexity index is 556. The summed E-state index contributed by atoms with van der Waals surface area (Å²) in [6.07, 6.45) is 0. The van der Waals surface area contributed by atoms with E-state index in [1.807, 2.05) is 24.3 Å². The molecule has 3 rings (SSSR count). The van der Waals surface area contributed by atoms with E-state index in [4.69, 9.17) is 16.3 Å². The lowest BCUT2D eigenvalue weighted by atomic mass is 10.1. The first-order valence-electron chi connectivity index (χ1n) is 6.03. The van der Waals surface area contributed by atoms with Gasteiger partial charge in [-0.25, -0.2) is 0 Å². The number of fused-ring (bicyclic) bond motifs is 1. The van der Waals surface area contributed by atoms with Crippen LogP contribution < -0.4 is 10.1 Å². The van der Waals surface area contributed by atoms with Gasteiger partial charge in [0.1, 0.15) is 12.4 Å². The normalized spacial score (nSPS) is 17.5. The highest BCUT2D eigenvalue weighted by atomic mass is 35.5. The number of benzene rings is 2. The summed E-state index contributed by atoms with van der Waals surface area (Å²) < 4.78 is 5.78. The molecule has 0 spiro atoms. The van der Waals surface area contributed by atoms with E-state index in [9.17, 15) is 0 Å². The fourth-order valence-electron chi connectivity index (χ4n) is 2.26. The van der Waals surface area contributed by atoms with Gasteiger partial charge in [0.15, 0.2) is 0 Å². The van der Waals surface area contributed by atoms with Crippen LogP contribution in [0.5, 0.6) is 5.75 Å². The fourth-order valence-corrected chi connectivity index (χ4v) is 2.45. The van der Waals surface area contributed by atoms with Gasteiger partial charge in [-0.15, -0.1) is 0 Å². The average molecular weight is 260 g/mol. The molecule has 0 aliphatic carbocycles. The van der Waals surface area contributed by atoms with Gasteiger partial charge in [0.2, 0.25) is 0 Å².